The first-order valence-electron chi connectivity index (χ1n) is 6.66. The summed E-state index contributed by atoms with van der Waals surface area (Å²) in [6.45, 7) is 2.94. The van der Waals surface area contributed by atoms with E-state index in [1.54, 1.807) is 17.0 Å². The zero-order valence-electron chi connectivity index (χ0n) is 11.4. The van der Waals surface area contributed by atoms with Gasteiger partial charge in [0.15, 0.2) is 0 Å². The molecule has 20 heavy (non-hydrogen) atoms. The van der Waals surface area contributed by atoms with E-state index < -0.39 is 11.0 Å². The molecule has 108 valence electrons. The van der Waals surface area contributed by atoms with E-state index in [1.807, 2.05) is 6.92 Å². The number of carbonyl (C=O) groups excluding carboxylic acids is 1. The number of non-ortho nitro benzene ring substituents is 1. The van der Waals surface area contributed by atoms with Crippen LogP contribution in [0.5, 0.6) is 0 Å². The Morgan fingerprint density at radius 1 is 1.55 bits per heavy atom. The van der Waals surface area contributed by atoms with Crippen molar-refractivity contribution in [1.82, 2.24) is 4.90 Å². The van der Waals surface area contributed by atoms with E-state index in [4.69, 9.17) is 0 Å². The third-order valence-electron chi connectivity index (χ3n) is 3.75. The third-order valence-corrected chi connectivity index (χ3v) is 3.75. The molecule has 0 bridgehead atoms. The SMILES string of the molecule is CC1CCN(C(=O)Cc2cccc([N+](=O)[O-])c2)CC1O. The number of rotatable bonds is 3. The smallest absolute Gasteiger partial charge is 0.269 e. The number of likely N-dealkylation sites (tertiary alicyclic amines) is 1. The summed E-state index contributed by atoms with van der Waals surface area (Å²) >= 11 is 0. The average molecular weight is 278 g/mol. The van der Waals surface area contributed by atoms with Crippen molar-refractivity contribution in [2.24, 2.45) is 5.92 Å². The van der Waals surface area contributed by atoms with Crippen LogP contribution in [-0.4, -0.2) is 40.0 Å². The highest BCUT2D eigenvalue weighted by Crippen LogP contribution is 2.19. The molecule has 1 amide bonds. The molecular weight excluding hydrogens is 260 g/mol. The molecule has 1 heterocycles. The summed E-state index contributed by atoms with van der Waals surface area (Å²) in [7, 11) is 0. The van der Waals surface area contributed by atoms with Gasteiger partial charge in [-0.25, -0.2) is 0 Å². The molecule has 1 aromatic carbocycles. The van der Waals surface area contributed by atoms with Crippen molar-refractivity contribution in [3.63, 3.8) is 0 Å². The van der Waals surface area contributed by atoms with E-state index in [0.717, 1.165) is 6.42 Å². The first kappa shape index (κ1) is 14.5. The normalized spacial score (nSPS) is 22.6. The third kappa shape index (κ3) is 3.33. The molecule has 1 fully saturated rings. The number of aliphatic hydroxyl groups excluding tert-OH is 1. The minimum atomic E-state index is -0.488. The van der Waals surface area contributed by atoms with E-state index in [0.29, 0.717) is 18.7 Å². The van der Waals surface area contributed by atoms with Gasteiger partial charge in [-0.2, -0.15) is 0 Å². The molecule has 1 N–H and O–H groups in total. The van der Waals surface area contributed by atoms with Crippen LogP contribution in [0.4, 0.5) is 5.69 Å². The number of benzene rings is 1. The minimum absolute atomic E-state index is 0.0115. The summed E-state index contributed by atoms with van der Waals surface area (Å²) in [6, 6.07) is 6.10. The van der Waals surface area contributed by atoms with Crippen LogP contribution in [0.3, 0.4) is 0 Å². The number of aliphatic hydroxyl groups is 1. The number of piperidine rings is 1. The highest BCUT2D eigenvalue weighted by atomic mass is 16.6. The lowest BCUT2D eigenvalue weighted by Crippen LogP contribution is -2.46. The van der Waals surface area contributed by atoms with Crippen molar-refractivity contribution in [3.8, 4) is 0 Å². The fourth-order valence-electron chi connectivity index (χ4n) is 2.34. The van der Waals surface area contributed by atoms with Crippen LogP contribution in [0.15, 0.2) is 24.3 Å². The average Bonchev–Trinajstić information content (AvgIpc) is 2.42. The van der Waals surface area contributed by atoms with E-state index >= 15 is 0 Å². The fourth-order valence-corrected chi connectivity index (χ4v) is 2.34. The van der Waals surface area contributed by atoms with Gasteiger partial charge in [0.1, 0.15) is 0 Å². The maximum Gasteiger partial charge on any atom is 0.269 e. The molecular formula is C14H18N2O4. The van der Waals surface area contributed by atoms with Crippen LogP contribution in [0.2, 0.25) is 0 Å². The summed E-state index contributed by atoms with van der Waals surface area (Å²) in [5.74, 6) is 0.105. The predicted octanol–water partition coefficient (Wildman–Crippen LogP) is 1.37. The first-order chi connectivity index (χ1) is 9.47. The van der Waals surface area contributed by atoms with Crippen LogP contribution in [0, 0.1) is 16.0 Å². The van der Waals surface area contributed by atoms with Crippen molar-refractivity contribution in [2.75, 3.05) is 13.1 Å². The number of β-amino-alcohol motifs (C(OH)–C–C–N with tert-alkyl or cyclic N) is 1. The zero-order chi connectivity index (χ0) is 14.7. The molecule has 1 saturated heterocycles. The van der Waals surface area contributed by atoms with Crippen molar-refractivity contribution < 1.29 is 14.8 Å². The number of amides is 1. The van der Waals surface area contributed by atoms with Crippen LogP contribution in [-0.2, 0) is 11.2 Å². The molecule has 0 saturated carbocycles. The topological polar surface area (TPSA) is 83.7 Å². The molecule has 0 aliphatic carbocycles. The van der Waals surface area contributed by atoms with Gasteiger partial charge >= 0.3 is 0 Å². The van der Waals surface area contributed by atoms with E-state index in [1.165, 1.54) is 12.1 Å². The molecule has 2 unspecified atom stereocenters. The second-order valence-corrected chi connectivity index (χ2v) is 5.28. The summed E-state index contributed by atoms with van der Waals surface area (Å²) < 4.78 is 0. The van der Waals surface area contributed by atoms with Crippen molar-refractivity contribution in [1.29, 1.82) is 0 Å². The number of nitro groups is 1. The number of hydrogen-bond donors (Lipinski definition) is 1. The largest absolute Gasteiger partial charge is 0.391 e. The molecule has 6 nitrogen and oxygen atoms in total. The molecule has 2 atom stereocenters. The van der Waals surface area contributed by atoms with Gasteiger partial charge in [-0.3, -0.25) is 14.9 Å². The van der Waals surface area contributed by atoms with Crippen LogP contribution in [0.25, 0.3) is 0 Å². The Bertz CT molecular complexity index is 518. The molecule has 0 aromatic heterocycles. The lowest BCUT2D eigenvalue weighted by atomic mass is 9.95. The fraction of sp³-hybridized carbons (Fsp3) is 0.500. The van der Waals surface area contributed by atoms with Crippen LogP contribution in [0.1, 0.15) is 18.9 Å². The maximum absolute atomic E-state index is 12.1. The first-order valence-corrected chi connectivity index (χ1v) is 6.66. The summed E-state index contributed by atoms with van der Waals surface area (Å²) in [6.07, 6.45) is 0.419. The number of nitrogens with zero attached hydrogens (tertiary/aromatic N) is 2. The summed E-state index contributed by atoms with van der Waals surface area (Å²) in [5, 5.41) is 20.5. The number of hydrogen-bond acceptors (Lipinski definition) is 4. The molecule has 0 spiro atoms. The Hall–Kier alpha value is -1.95. The van der Waals surface area contributed by atoms with Gasteiger partial charge in [0.2, 0.25) is 5.91 Å². The Morgan fingerprint density at radius 2 is 2.30 bits per heavy atom. The Balaban J connectivity index is 2.01. The van der Waals surface area contributed by atoms with Gasteiger partial charge in [-0.05, 0) is 17.9 Å². The lowest BCUT2D eigenvalue weighted by molar-refractivity contribution is -0.384. The predicted molar refractivity (Wildman–Crippen MR) is 73.2 cm³/mol. The van der Waals surface area contributed by atoms with E-state index in [-0.39, 0.29) is 23.9 Å². The van der Waals surface area contributed by atoms with Gasteiger partial charge in [0, 0.05) is 25.2 Å². The highest BCUT2D eigenvalue weighted by molar-refractivity contribution is 5.79. The van der Waals surface area contributed by atoms with E-state index in [9.17, 15) is 20.0 Å². The van der Waals surface area contributed by atoms with E-state index in [2.05, 4.69) is 0 Å². The molecule has 1 aliphatic rings. The second kappa shape index (κ2) is 6.00. The van der Waals surface area contributed by atoms with Crippen LogP contribution >= 0.6 is 0 Å². The molecule has 1 aromatic rings. The summed E-state index contributed by atoms with van der Waals surface area (Å²) in [4.78, 5) is 24.0. The Morgan fingerprint density at radius 3 is 2.95 bits per heavy atom. The maximum atomic E-state index is 12.1. The Labute approximate surface area is 117 Å². The molecule has 1 aliphatic heterocycles. The lowest BCUT2D eigenvalue weighted by Gasteiger charge is -2.34. The van der Waals surface area contributed by atoms with Gasteiger partial charge in [-0.15, -0.1) is 0 Å². The van der Waals surface area contributed by atoms with Gasteiger partial charge in [0.05, 0.1) is 17.4 Å². The standard InChI is InChI=1S/C14H18N2O4/c1-10-5-6-15(9-13(10)17)14(18)8-11-3-2-4-12(7-11)16(19)20/h2-4,7,10,13,17H,5-6,8-9H2,1H3. The van der Waals surface area contributed by atoms with Crippen molar-refractivity contribution >= 4 is 11.6 Å². The quantitative estimate of drug-likeness (QED) is 0.668. The van der Waals surface area contributed by atoms with Crippen molar-refractivity contribution in [3.05, 3.63) is 39.9 Å². The van der Waals surface area contributed by atoms with Crippen molar-refractivity contribution in [2.45, 2.75) is 25.9 Å². The molecule has 6 heteroatoms. The molecule has 2 rings (SSSR count). The number of nitro benzene ring substituents is 1. The van der Waals surface area contributed by atoms with Gasteiger partial charge in [-0.1, -0.05) is 19.1 Å². The van der Waals surface area contributed by atoms with Crippen LogP contribution < -0.4 is 0 Å². The highest BCUT2D eigenvalue weighted by Gasteiger charge is 2.27. The van der Waals surface area contributed by atoms with Gasteiger partial charge in [0.25, 0.3) is 5.69 Å². The molecule has 0 radical (unpaired) electrons. The second-order valence-electron chi connectivity index (χ2n) is 5.28. The number of carbonyl (C=O) groups is 1. The Kier molecular flexibility index (Phi) is 4.34. The summed E-state index contributed by atoms with van der Waals surface area (Å²) in [5.41, 5.74) is 0.611. The monoisotopic (exact) mass is 278 g/mol. The minimum Gasteiger partial charge on any atom is -0.391 e. The zero-order valence-corrected chi connectivity index (χ0v) is 11.4. The van der Waals surface area contributed by atoms with Gasteiger partial charge < -0.3 is 10.0 Å².